The first kappa shape index (κ1) is 14.0. The maximum Gasteiger partial charge on any atom is 0.323 e. The summed E-state index contributed by atoms with van der Waals surface area (Å²) >= 11 is 0. The number of sulfonamides is 1. The van der Waals surface area contributed by atoms with Crippen LogP contribution in [-0.4, -0.2) is 24.3 Å². The Kier molecular flexibility index (Phi) is 3.42. The van der Waals surface area contributed by atoms with Crippen molar-refractivity contribution < 1.29 is 17.6 Å². The molecule has 0 aliphatic carbocycles. The SMILES string of the molecule is NS(=O)(=O)c1cc(F)cc(NC(=O)c2c[nH]c(=O)[nH]2)c1. The normalized spacial score (nSPS) is 11.3. The third-order valence-electron chi connectivity index (χ3n) is 2.30. The molecule has 0 saturated carbocycles. The fourth-order valence-electron chi connectivity index (χ4n) is 1.45. The molecular weight excluding hydrogens is 291 g/mol. The quantitative estimate of drug-likeness (QED) is 0.620. The second-order valence-corrected chi connectivity index (χ2v) is 5.39. The molecule has 0 bridgehead atoms. The van der Waals surface area contributed by atoms with Crippen molar-refractivity contribution >= 4 is 21.6 Å². The molecule has 1 heterocycles. The van der Waals surface area contributed by atoms with Crippen LogP contribution in [0.5, 0.6) is 0 Å². The maximum absolute atomic E-state index is 13.3. The highest BCUT2D eigenvalue weighted by molar-refractivity contribution is 7.89. The zero-order chi connectivity index (χ0) is 14.9. The number of H-pyrrole nitrogens is 2. The molecule has 2 aromatic rings. The molecule has 0 fully saturated rings. The van der Waals surface area contributed by atoms with Gasteiger partial charge in [-0.1, -0.05) is 0 Å². The van der Waals surface area contributed by atoms with E-state index in [1.54, 1.807) is 0 Å². The summed E-state index contributed by atoms with van der Waals surface area (Å²) in [6.45, 7) is 0. The summed E-state index contributed by atoms with van der Waals surface area (Å²) in [5.74, 6) is -1.62. The van der Waals surface area contributed by atoms with E-state index < -0.39 is 32.3 Å². The standard InChI is InChI=1S/C10H9FN4O4S/c11-5-1-6(3-7(2-5)20(12,18)19)14-9(16)8-4-13-10(17)15-8/h1-4H,(H,14,16)(H2,12,18,19)(H2,13,15,17). The lowest BCUT2D eigenvalue weighted by Crippen LogP contribution is -2.16. The largest absolute Gasteiger partial charge is 0.323 e. The van der Waals surface area contributed by atoms with Crippen molar-refractivity contribution in [3.05, 3.63) is 46.4 Å². The first-order valence-electron chi connectivity index (χ1n) is 5.18. The van der Waals surface area contributed by atoms with E-state index in [0.29, 0.717) is 0 Å². The van der Waals surface area contributed by atoms with Crippen LogP contribution in [0.25, 0.3) is 0 Å². The minimum Gasteiger partial charge on any atom is -0.321 e. The van der Waals surface area contributed by atoms with Crippen LogP contribution in [0.4, 0.5) is 10.1 Å². The summed E-state index contributed by atoms with van der Waals surface area (Å²) in [6.07, 6.45) is 1.12. The van der Waals surface area contributed by atoms with Gasteiger partial charge in [0.15, 0.2) is 0 Å². The summed E-state index contributed by atoms with van der Waals surface area (Å²) in [4.78, 5) is 26.5. The van der Waals surface area contributed by atoms with Crippen LogP contribution in [0.3, 0.4) is 0 Å². The minimum absolute atomic E-state index is 0.0867. The molecule has 8 nitrogen and oxygen atoms in total. The Morgan fingerprint density at radius 2 is 2.00 bits per heavy atom. The third-order valence-corrected chi connectivity index (χ3v) is 3.19. The summed E-state index contributed by atoms with van der Waals surface area (Å²) in [7, 11) is -4.10. The average Bonchev–Trinajstić information content (AvgIpc) is 2.74. The number of rotatable bonds is 3. The van der Waals surface area contributed by atoms with Gasteiger partial charge in [0.1, 0.15) is 11.5 Å². The van der Waals surface area contributed by atoms with Gasteiger partial charge in [-0.3, -0.25) is 4.79 Å². The lowest BCUT2D eigenvalue weighted by atomic mass is 10.3. The van der Waals surface area contributed by atoms with Gasteiger partial charge in [-0.05, 0) is 18.2 Å². The van der Waals surface area contributed by atoms with Crippen LogP contribution in [0.1, 0.15) is 10.5 Å². The van der Waals surface area contributed by atoms with Gasteiger partial charge in [0, 0.05) is 11.9 Å². The highest BCUT2D eigenvalue weighted by Crippen LogP contribution is 2.17. The fraction of sp³-hybridized carbons (Fsp3) is 0. The topological polar surface area (TPSA) is 138 Å². The first-order chi connectivity index (χ1) is 9.25. The third kappa shape index (κ3) is 3.10. The van der Waals surface area contributed by atoms with Crippen molar-refractivity contribution in [2.24, 2.45) is 5.14 Å². The molecule has 0 aliphatic heterocycles. The average molecular weight is 300 g/mol. The van der Waals surface area contributed by atoms with Gasteiger partial charge in [0.05, 0.1) is 4.90 Å². The Morgan fingerprint density at radius 1 is 1.30 bits per heavy atom. The molecule has 1 amide bonds. The molecule has 0 unspecified atom stereocenters. The predicted molar refractivity (Wildman–Crippen MR) is 67.1 cm³/mol. The van der Waals surface area contributed by atoms with Gasteiger partial charge >= 0.3 is 5.69 Å². The monoisotopic (exact) mass is 300 g/mol. The number of benzene rings is 1. The number of nitrogens with one attached hydrogen (secondary N) is 3. The number of hydrogen-bond acceptors (Lipinski definition) is 4. The molecule has 20 heavy (non-hydrogen) atoms. The predicted octanol–water partition coefficient (Wildman–Crippen LogP) is -0.258. The Balaban J connectivity index is 2.32. The lowest BCUT2D eigenvalue weighted by molar-refractivity contribution is 0.102. The van der Waals surface area contributed by atoms with E-state index in [1.807, 2.05) is 0 Å². The zero-order valence-electron chi connectivity index (χ0n) is 9.81. The second kappa shape index (κ2) is 4.90. The first-order valence-corrected chi connectivity index (χ1v) is 6.73. The molecule has 2 rings (SSSR count). The van der Waals surface area contributed by atoms with E-state index in [4.69, 9.17) is 5.14 Å². The van der Waals surface area contributed by atoms with E-state index in [9.17, 15) is 22.4 Å². The number of primary sulfonamides is 1. The van der Waals surface area contributed by atoms with Crippen LogP contribution in [-0.2, 0) is 10.0 Å². The fourth-order valence-corrected chi connectivity index (χ4v) is 2.02. The van der Waals surface area contributed by atoms with E-state index >= 15 is 0 Å². The number of aromatic amines is 2. The van der Waals surface area contributed by atoms with Crippen LogP contribution in [0.2, 0.25) is 0 Å². The Bertz CT molecular complexity index is 824. The molecule has 0 aliphatic rings. The van der Waals surface area contributed by atoms with E-state index in [0.717, 1.165) is 24.4 Å². The molecule has 10 heteroatoms. The van der Waals surface area contributed by atoms with Gasteiger partial charge in [0.2, 0.25) is 10.0 Å². The molecule has 0 radical (unpaired) electrons. The van der Waals surface area contributed by atoms with Crippen molar-refractivity contribution in [1.82, 2.24) is 9.97 Å². The number of amides is 1. The highest BCUT2D eigenvalue weighted by Gasteiger charge is 2.14. The molecule has 0 atom stereocenters. The zero-order valence-corrected chi connectivity index (χ0v) is 10.6. The number of hydrogen-bond donors (Lipinski definition) is 4. The van der Waals surface area contributed by atoms with Gasteiger partial charge in [0.25, 0.3) is 5.91 Å². The van der Waals surface area contributed by atoms with E-state index in [1.165, 1.54) is 0 Å². The van der Waals surface area contributed by atoms with Crippen molar-refractivity contribution in [2.75, 3.05) is 5.32 Å². The summed E-state index contributed by atoms with van der Waals surface area (Å²) in [5.41, 5.74) is -0.780. The molecule has 1 aromatic carbocycles. The van der Waals surface area contributed by atoms with Crippen LogP contribution in [0.15, 0.2) is 34.1 Å². The van der Waals surface area contributed by atoms with Crippen molar-refractivity contribution in [1.29, 1.82) is 0 Å². The number of anilines is 1. The number of halogens is 1. The van der Waals surface area contributed by atoms with E-state index in [2.05, 4.69) is 15.3 Å². The molecule has 0 saturated heterocycles. The van der Waals surface area contributed by atoms with Crippen LogP contribution >= 0.6 is 0 Å². The van der Waals surface area contributed by atoms with Crippen molar-refractivity contribution in [2.45, 2.75) is 4.90 Å². The summed E-state index contributed by atoms with van der Waals surface area (Å²) in [5, 5.41) is 7.12. The second-order valence-electron chi connectivity index (χ2n) is 3.83. The molecule has 1 aromatic heterocycles. The molecule has 106 valence electrons. The number of carbonyl (C=O) groups is 1. The summed E-state index contributed by atoms with van der Waals surface area (Å²) < 4.78 is 35.6. The minimum atomic E-state index is -4.10. The van der Waals surface area contributed by atoms with E-state index in [-0.39, 0.29) is 11.4 Å². The van der Waals surface area contributed by atoms with Gasteiger partial charge in [-0.25, -0.2) is 22.7 Å². The number of imidazole rings is 1. The van der Waals surface area contributed by atoms with Crippen molar-refractivity contribution in [3.63, 3.8) is 0 Å². The maximum atomic E-state index is 13.3. The number of aromatic nitrogens is 2. The smallest absolute Gasteiger partial charge is 0.321 e. The van der Waals surface area contributed by atoms with Gasteiger partial charge in [-0.2, -0.15) is 0 Å². The van der Waals surface area contributed by atoms with Crippen LogP contribution < -0.4 is 16.1 Å². The molecule has 5 N–H and O–H groups in total. The van der Waals surface area contributed by atoms with Gasteiger partial charge in [-0.15, -0.1) is 0 Å². The molecular formula is C10H9FN4O4S. The number of nitrogens with two attached hydrogens (primary N) is 1. The van der Waals surface area contributed by atoms with Crippen LogP contribution in [0, 0.1) is 5.82 Å². The highest BCUT2D eigenvalue weighted by atomic mass is 32.2. The van der Waals surface area contributed by atoms with Gasteiger partial charge < -0.3 is 15.3 Å². The van der Waals surface area contributed by atoms with Crippen molar-refractivity contribution in [3.8, 4) is 0 Å². The Morgan fingerprint density at radius 3 is 2.55 bits per heavy atom. The lowest BCUT2D eigenvalue weighted by Gasteiger charge is -2.06. The Hall–Kier alpha value is -2.46. The Labute approximate surface area is 111 Å². The molecule has 0 spiro atoms. The number of carbonyl (C=O) groups excluding carboxylic acids is 1. The summed E-state index contributed by atoms with van der Waals surface area (Å²) in [6, 6.07) is 2.64.